The van der Waals surface area contributed by atoms with Crippen LogP contribution in [-0.4, -0.2) is 32.9 Å². The fourth-order valence-corrected chi connectivity index (χ4v) is 2.72. The van der Waals surface area contributed by atoms with Gasteiger partial charge in [0.05, 0.1) is 7.11 Å². The molecule has 1 aromatic rings. The monoisotopic (exact) mass is 269 g/mol. The third-order valence-electron chi connectivity index (χ3n) is 3.75. The number of ether oxygens (including phenoxy) is 2. The second kappa shape index (κ2) is 5.91. The molecule has 0 aliphatic carbocycles. The Morgan fingerprint density at radius 1 is 1.39 bits per heavy atom. The number of hydrogen-bond donors (Lipinski definition) is 1. The summed E-state index contributed by atoms with van der Waals surface area (Å²) in [5.41, 5.74) is 1.25. The molecule has 1 fully saturated rings. The summed E-state index contributed by atoms with van der Waals surface area (Å²) in [5, 5.41) is 4.21. The molecular weight excluding hydrogens is 250 g/mol. The Labute approximate surface area is 113 Å². The molecule has 2 rings (SSSR count). The van der Waals surface area contributed by atoms with E-state index >= 15 is 0 Å². The van der Waals surface area contributed by atoms with E-state index in [2.05, 4.69) is 5.32 Å². The average molecular weight is 270 g/mol. The molecule has 1 saturated heterocycles. The van der Waals surface area contributed by atoms with Crippen molar-refractivity contribution in [2.45, 2.75) is 24.8 Å². The second-order valence-electron chi connectivity index (χ2n) is 4.78. The Kier molecular flexibility index (Phi) is 4.49. The van der Waals surface area contributed by atoms with Crippen molar-refractivity contribution in [3.63, 3.8) is 0 Å². The Morgan fingerprint density at radius 2 is 2.11 bits per heavy atom. The molecule has 0 atom stereocenters. The number of methoxy groups -OCH3 is 1. The summed E-state index contributed by atoms with van der Waals surface area (Å²) in [6.45, 7) is 1.62. The number of benzene rings is 1. The van der Waals surface area contributed by atoms with Gasteiger partial charge >= 0.3 is 0 Å². The summed E-state index contributed by atoms with van der Waals surface area (Å²) in [7, 11) is 3.71. The van der Waals surface area contributed by atoms with Gasteiger partial charge in [0.25, 0.3) is 0 Å². The first-order valence-electron chi connectivity index (χ1n) is 6.28. The molecule has 1 aliphatic heterocycles. The number of likely N-dealkylation sites (N-methyl/N-ethyl adjacent to an activating group) is 1. The van der Waals surface area contributed by atoms with E-state index in [1.165, 1.54) is 0 Å². The number of hydrogen-bond acceptors (Lipinski definition) is 3. The van der Waals surface area contributed by atoms with Gasteiger partial charge in [0.2, 0.25) is 0 Å². The minimum Gasteiger partial charge on any atom is -0.496 e. The normalized spacial score (nSPS) is 18.6. The van der Waals surface area contributed by atoms with Crippen molar-refractivity contribution >= 4 is 11.6 Å². The largest absolute Gasteiger partial charge is 0.496 e. The van der Waals surface area contributed by atoms with E-state index in [-0.39, 0.29) is 5.54 Å². The van der Waals surface area contributed by atoms with Crippen LogP contribution in [0.1, 0.15) is 18.4 Å². The molecule has 0 saturated carbocycles. The van der Waals surface area contributed by atoms with Crippen LogP contribution < -0.4 is 10.1 Å². The van der Waals surface area contributed by atoms with Crippen molar-refractivity contribution in [2.24, 2.45) is 0 Å². The highest BCUT2D eigenvalue weighted by Gasteiger charge is 2.31. The minimum atomic E-state index is 0.0935. The number of rotatable bonds is 4. The van der Waals surface area contributed by atoms with Crippen molar-refractivity contribution in [2.75, 3.05) is 27.4 Å². The lowest BCUT2D eigenvalue weighted by molar-refractivity contribution is 0.0411. The first kappa shape index (κ1) is 13.7. The first-order valence-corrected chi connectivity index (χ1v) is 6.66. The third kappa shape index (κ3) is 2.97. The molecule has 0 radical (unpaired) electrons. The second-order valence-corrected chi connectivity index (χ2v) is 5.21. The summed E-state index contributed by atoms with van der Waals surface area (Å²) in [6.07, 6.45) is 2.94. The van der Waals surface area contributed by atoms with E-state index in [1.54, 1.807) is 7.11 Å². The van der Waals surface area contributed by atoms with E-state index in [4.69, 9.17) is 21.1 Å². The number of nitrogens with one attached hydrogen (secondary N) is 1. The highest BCUT2D eigenvalue weighted by atomic mass is 35.5. The van der Waals surface area contributed by atoms with Crippen molar-refractivity contribution in [1.29, 1.82) is 0 Å². The summed E-state index contributed by atoms with van der Waals surface area (Å²) < 4.78 is 10.9. The molecular formula is C14H20ClNO2. The van der Waals surface area contributed by atoms with E-state index in [1.807, 2.05) is 25.2 Å². The van der Waals surface area contributed by atoms with Crippen LogP contribution in [0.4, 0.5) is 0 Å². The molecule has 0 bridgehead atoms. The summed E-state index contributed by atoms with van der Waals surface area (Å²) in [6, 6.07) is 5.79. The van der Waals surface area contributed by atoms with Gasteiger partial charge in [-0.05, 0) is 50.1 Å². The van der Waals surface area contributed by atoms with Gasteiger partial charge in [-0.1, -0.05) is 11.6 Å². The average Bonchev–Trinajstić information content (AvgIpc) is 2.40. The molecule has 1 aromatic carbocycles. The van der Waals surface area contributed by atoms with Gasteiger partial charge in [0, 0.05) is 23.8 Å². The lowest BCUT2D eigenvalue weighted by Crippen LogP contribution is -2.49. The van der Waals surface area contributed by atoms with Gasteiger partial charge < -0.3 is 14.8 Å². The van der Waals surface area contributed by atoms with Gasteiger partial charge in [-0.2, -0.15) is 0 Å². The highest BCUT2D eigenvalue weighted by molar-refractivity contribution is 6.30. The zero-order chi connectivity index (χ0) is 13.0. The summed E-state index contributed by atoms with van der Waals surface area (Å²) in [4.78, 5) is 0. The maximum absolute atomic E-state index is 6.08. The Bertz CT molecular complexity index is 403. The molecule has 1 N–H and O–H groups in total. The van der Waals surface area contributed by atoms with Crippen LogP contribution in [0.3, 0.4) is 0 Å². The van der Waals surface area contributed by atoms with Crippen LogP contribution in [0.5, 0.6) is 5.75 Å². The summed E-state index contributed by atoms with van der Waals surface area (Å²) >= 11 is 6.08. The Balaban J connectivity index is 2.23. The van der Waals surface area contributed by atoms with Crippen LogP contribution in [0.2, 0.25) is 5.02 Å². The lowest BCUT2D eigenvalue weighted by atomic mass is 9.83. The zero-order valence-electron chi connectivity index (χ0n) is 11.0. The zero-order valence-corrected chi connectivity index (χ0v) is 11.7. The van der Waals surface area contributed by atoms with Gasteiger partial charge in [-0.15, -0.1) is 0 Å². The van der Waals surface area contributed by atoms with Gasteiger partial charge in [-0.3, -0.25) is 0 Å². The van der Waals surface area contributed by atoms with E-state index in [9.17, 15) is 0 Å². The predicted molar refractivity (Wildman–Crippen MR) is 73.6 cm³/mol. The Morgan fingerprint density at radius 3 is 2.72 bits per heavy atom. The van der Waals surface area contributed by atoms with Crippen molar-refractivity contribution in [3.8, 4) is 5.75 Å². The molecule has 0 spiro atoms. The van der Waals surface area contributed by atoms with Gasteiger partial charge in [0.15, 0.2) is 0 Å². The SMILES string of the molecule is CNC1(Cc2cc(Cl)ccc2OC)CCOCC1. The van der Waals surface area contributed by atoms with Gasteiger partial charge in [0.1, 0.15) is 5.75 Å². The fraction of sp³-hybridized carbons (Fsp3) is 0.571. The van der Waals surface area contributed by atoms with Crippen molar-refractivity contribution in [1.82, 2.24) is 5.32 Å². The Hall–Kier alpha value is -0.770. The predicted octanol–water partition coefficient (Wildman–Crippen LogP) is 2.66. The topological polar surface area (TPSA) is 30.5 Å². The lowest BCUT2D eigenvalue weighted by Gasteiger charge is -2.37. The molecule has 0 unspecified atom stereocenters. The minimum absolute atomic E-state index is 0.0935. The maximum Gasteiger partial charge on any atom is 0.122 e. The first-order chi connectivity index (χ1) is 8.69. The van der Waals surface area contributed by atoms with Gasteiger partial charge in [-0.25, -0.2) is 0 Å². The number of halogens is 1. The molecule has 3 nitrogen and oxygen atoms in total. The summed E-state index contributed by atoms with van der Waals surface area (Å²) in [5.74, 6) is 0.903. The quantitative estimate of drug-likeness (QED) is 0.912. The van der Waals surface area contributed by atoms with Crippen LogP contribution in [0, 0.1) is 0 Å². The molecule has 1 heterocycles. The smallest absolute Gasteiger partial charge is 0.122 e. The maximum atomic E-state index is 6.08. The van der Waals surface area contributed by atoms with Crippen LogP contribution in [0.15, 0.2) is 18.2 Å². The van der Waals surface area contributed by atoms with E-state index in [0.29, 0.717) is 0 Å². The van der Waals surface area contributed by atoms with E-state index < -0.39 is 0 Å². The van der Waals surface area contributed by atoms with Crippen molar-refractivity contribution in [3.05, 3.63) is 28.8 Å². The third-order valence-corrected chi connectivity index (χ3v) is 3.99. The van der Waals surface area contributed by atoms with Crippen LogP contribution >= 0.6 is 11.6 Å². The van der Waals surface area contributed by atoms with Crippen molar-refractivity contribution < 1.29 is 9.47 Å². The highest BCUT2D eigenvalue weighted by Crippen LogP contribution is 2.31. The van der Waals surface area contributed by atoms with E-state index in [0.717, 1.165) is 48.8 Å². The molecule has 4 heteroatoms. The molecule has 1 aliphatic rings. The van der Waals surface area contributed by atoms with Crippen LogP contribution in [-0.2, 0) is 11.2 Å². The molecule has 0 aromatic heterocycles. The standard InChI is InChI=1S/C14H20ClNO2/c1-16-14(5-7-18-8-6-14)10-11-9-12(15)3-4-13(11)17-2/h3-4,9,16H,5-8,10H2,1-2H3. The molecule has 100 valence electrons. The molecule has 0 amide bonds. The van der Waals surface area contributed by atoms with Crippen LogP contribution in [0.25, 0.3) is 0 Å². The fourth-order valence-electron chi connectivity index (χ4n) is 2.53. The molecule has 18 heavy (non-hydrogen) atoms.